The quantitative estimate of drug-likeness (QED) is 0.581. The second kappa shape index (κ2) is 6.45. The van der Waals surface area contributed by atoms with Gasteiger partial charge >= 0.3 is 6.18 Å². The van der Waals surface area contributed by atoms with E-state index < -0.39 is 28.9 Å². The van der Waals surface area contributed by atoms with E-state index >= 15 is 0 Å². The first kappa shape index (κ1) is 20.6. The molecule has 0 saturated heterocycles. The Hall–Kier alpha value is -3.14. The highest BCUT2D eigenvalue weighted by atomic mass is 35.5. The molecule has 0 bridgehead atoms. The van der Waals surface area contributed by atoms with Crippen LogP contribution in [0.15, 0.2) is 16.9 Å². The highest BCUT2D eigenvalue weighted by molar-refractivity contribution is 6.31. The zero-order valence-corrected chi connectivity index (χ0v) is 16.2. The van der Waals surface area contributed by atoms with Crippen molar-refractivity contribution >= 4 is 34.2 Å². The molecular weight excluding hydrogens is 413 g/mol. The van der Waals surface area contributed by atoms with Crippen LogP contribution in [0.1, 0.15) is 27.2 Å². The van der Waals surface area contributed by atoms with Gasteiger partial charge in [-0.3, -0.25) is 14.2 Å². The highest BCUT2D eigenvalue weighted by Gasteiger charge is 2.36. The van der Waals surface area contributed by atoms with E-state index in [0.717, 1.165) is 11.6 Å². The molecule has 0 atom stereocenters. The molecule has 29 heavy (non-hydrogen) atoms. The number of alkyl halides is 3. The van der Waals surface area contributed by atoms with Gasteiger partial charge in [-0.05, 0) is 31.5 Å². The minimum absolute atomic E-state index is 0.133. The lowest BCUT2D eigenvalue weighted by Crippen LogP contribution is -2.27. The summed E-state index contributed by atoms with van der Waals surface area (Å²) in [5, 5.41) is 9.95. The lowest BCUT2D eigenvalue weighted by atomic mass is 10.1. The molecule has 154 valence electrons. The van der Waals surface area contributed by atoms with Gasteiger partial charge in [0.2, 0.25) is 0 Å². The standard InChI is InChI=1S/C18H16ClF3N4O3/c1-6-9(19)5-10(27)7(2)13(6)26-14-8(12(15(26)23)16(24)28)4-11(18(20,21)22)25(3)17(14)29/h4-5,27H,23H2,1-3H3,(H2,24,28). The topological polar surface area (TPSA) is 116 Å². The lowest BCUT2D eigenvalue weighted by Gasteiger charge is -2.17. The predicted octanol–water partition coefficient (Wildman–Crippen LogP) is 3.00. The number of phenolic OH excluding ortho intramolecular Hbond substituents is 1. The first-order valence-electron chi connectivity index (χ1n) is 8.19. The molecule has 11 heteroatoms. The monoisotopic (exact) mass is 428 g/mol. The summed E-state index contributed by atoms with van der Waals surface area (Å²) in [5.74, 6) is -1.66. The van der Waals surface area contributed by atoms with Gasteiger partial charge in [-0.1, -0.05) is 11.6 Å². The van der Waals surface area contributed by atoms with Crippen molar-refractivity contribution in [2.75, 3.05) is 5.73 Å². The lowest BCUT2D eigenvalue weighted by molar-refractivity contribution is -0.143. The Labute approximate surface area is 166 Å². The fourth-order valence-corrected chi connectivity index (χ4v) is 3.61. The minimum atomic E-state index is -4.85. The first-order chi connectivity index (χ1) is 13.3. The van der Waals surface area contributed by atoms with Crippen molar-refractivity contribution in [1.29, 1.82) is 0 Å². The summed E-state index contributed by atoms with van der Waals surface area (Å²) in [5.41, 5.74) is 9.21. The molecule has 1 amide bonds. The maximum atomic E-state index is 13.4. The summed E-state index contributed by atoms with van der Waals surface area (Å²) < 4.78 is 41.7. The van der Waals surface area contributed by atoms with Crippen LogP contribution in [0, 0.1) is 13.8 Å². The van der Waals surface area contributed by atoms with Gasteiger partial charge in [0.15, 0.2) is 0 Å². The fourth-order valence-electron chi connectivity index (χ4n) is 3.41. The Morgan fingerprint density at radius 1 is 1.21 bits per heavy atom. The molecule has 3 rings (SSSR count). The van der Waals surface area contributed by atoms with Crippen molar-refractivity contribution in [3.05, 3.63) is 49.9 Å². The van der Waals surface area contributed by atoms with Crippen LogP contribution in [0.2, 0.25) is 5.02 Å². The summed E-state index contributed by atoms with van der Waals surface area (Å²) in [6.07, 6.45) is -4.85. The molecule has 0 aliphatic heterocycles. The Kier molecular flexibility index (Phi) is 4.58. The molecule has 0 radical (unpaired) electrons. The number of hydrogen-bond donors (Lipinski definition) is 3. The van der Waals surface area contributed by atoms with Crippen molar-refractivity contribution in [3.63, 3.8) is 0 Å². The number of hydrogen-bond acceptors (Lipinski definition) is 4. The van der Waals surface area contributed by atoms with E-state index in [-0.39, 0.29) is 38.7 Å². The molecule has 2 aromatic heterocycles. The molecule has 7 nitrogen and oxygen atoms in total. The molecule has 1 aromatic carbocycles. The summed E-state index contributed by atoms with van der Waals surface area (Å²) in [6.45, 7) is 3.09. The van der Waals surface area contributed by atoms with Crippen molar-refractivity contribution in [2.24, 2.45) is 12.8 Å². The third kappa shape index (κ3) is 2.91. The second-order valence-corrected chi connectivity index (χ2v) is 7.00. The van der Waals surface area contributed by atoms with Crippen molar-refractivity contribution in [2.45, 2.75) is 20.0 Å². The van der Waals surface area contributed by atoms with E-state index in [1.807, 2.05) is 0 Å². The number of carbonyl (C=O) groups is 1. The number of benzene rings is 1. The SMILES string of the molecule is Cc1c(O)cc(Cl)c(C)c1-n1c(N)c(C(N)=O)c2cc(C(F)(F)F)n(C)c(=O)c21. The van der Waals surface area contributed by atoms with Crippen molar-refractivity contribution < 1.29 is 23.1 Å². The van der Waals surface area contributed by atoms with Gasteiger partial charge in [-0.2, -0.15) is 13.2 Å². The van der Waals surface area contributed by atoms with Gasteiger partial charge in [0, 0.05) is 23.0 Å². The molecule has 0 fully saturated rings. The Balaban J connectivity index is 2.66. The first-order valence-corrected chi connectivity index (χ1v) is 8.56. The fraction of sp³-hybridized carbons (Fsp3) is 0.222. The largest absolute Gasteiger partial charge is 0.508 e. The average molecular weight is 429 g/mol. The minimum Gasteiger partial charge on any atom is -0.508 e. The van der Waals surface area contributed by atoms with Gasteiger partial charge in [-0.15, -0.1) is 0 Å². The molecule has 5 N–H and O–H groups in total. The molecule has 0 spiro atoms. The van der Waals surface area contributed by atoms with Crippen LogP contribution in [-0.4, -0.2) is 20.1 Å². The molecule has 3 aromatic rings. The number of anilines is 1. The van der Waals surface area contributed by atoms with Crippen LogP contribution in [0.3, 0.4) is 0 Å². The smallest absolute Gasteiger partial charge is 0.431 e. The van der Waals surface area contributed by atoms with E-state index in [1.165, 1.54) is 13.0 Å². The van der Waals surface area contributed by atoms with Crippen molar-refractivity contribution in [1.82, 2.24) is 9.13 Å². The number of nitrogen functional groups attached to an aromatic ring is 1. The summed E-state index contributed by atoms with van der Waals surface area (Å²) in [6, 6.07) is 1.94. The zero-order chi connectivity index (χ0) is 22.0. The predicted molar refractivity (Wildman–Crippen MR) is 103 cm³/mol. The van der Waals surface area contributed by atoms with Crippen LogP contribution < -0.4 is 17.0 Å². The Morgan fingerprint density at radius 2 is 1.79 bits per heavy atom. The van der Waals surface area contributed by atoms with Gasteiger partial charge in [0.1, 0.15) is 22.8 Å². The average Bonchev–Trinajstić information content (AvgIpc) is 2.88. The van der Waals surface area contributed by atoms with Crippen LogP contribution >= 0.6 is 11.6 Å². The number of carbonyl (C=O) groups excluding carboxylic acids is 1. The molecular formula is C18H16ClF3N4O3. The normalized spacial score (nSPS) is 12.0. The third-order valence-electron chi connectivity index (χ3n) is 4.87. The number of rotatable bonds is 2. The number of fused-ring (bicyclic) bond motifs is 1. The summed E-state index contributed by atoms with van der Waals surface area (Å²) in [4.78, 5) is 24.9. The number of pyridine rings is 1. The molecule has 0 aliphatic carbocycles. The molecule has 2 heterocycles. The van der Waals surface area contributed by atoms with Crippen LogP contribution in [0.4, 0.5) is 19.0 Å². The second-order valence-electron chi connectivity index (χ2n) is 6.59. The Bertz CT molecular complexity index is 1230. The number of aromatic nitrogens is 2. The molecule has 0 unspecified atom stereocenters. The van der Waals surface area contributed by atoms with Crippen LogP contribution in [-0.2, 0) is 13.2 Å². The Morgan fingerprint density at radius 3 is 2.31 bits per heavy atom. The number of aromatic hydroxyl groups is 1. The van der Waals surface area contributed by atoms with Crippen LogP contribution in [0.25, 0.3) is 16.6 Å². The number of nitrogens with zero attached hydrogens (tertiary/aromatic N) is 2. The van der Waals surface area contributed by atoms with E-state index in [0.29, 0.717) is 16.2 Å². The zero-order valence-electron chi connectivity index (χ0n) is 15.5. The van der Waals surface area contributed by atoms with E-state index in [1.54, 1.807) is 6.92 Å². The maximum absolute atomic E-state index is 13.4. The third-order valence-corrected chi connectivity index (χ3v) is 5.26. The number of primary amides is 1. The van der Waals surface area contributed by atoms with Gasteiger partial charge in [0.25, 0.3) is 11.5 Å². The van der Waals surface area contributed by atoms with Gasteiger partial charge < -0.3 is 21.1 Å². The summed E-state index contributed by atoms with van der Waals surface area (Å²) in [7, 11) is 0.956. The number of amides is 1. The number of nitrogens with two attached hydrogens (primary N) is 2. The van der Waals surface area contributed by atoms with Crippen LogP contribution in [0.5, 0.6) is 5.75 Å². The number of phenols is 1. The summed E-state index contributed by atoms with van der Waals surface area (Å²) >= 11 is 6.13. The van der Waals surface area contributed by atoms with Gasteiger partial charge in [-0.25, -0.2) is 0 Å². The van der Waals surface area contributed by atoms with E-state index in [2.05, 4.69) is 0 Å². The highest BCUT2D eigenvalue weighted by Crippen LogP contribution is 2.39. The molecule has 0 aliphatic rings. The number of halogens is 4. The maximum Gasteiger partial charge on any atom is 0.431 e. The van der Waals surface area contributed by atoms with E-state index in [9.17, 15) is 27.9 Å². The van der Waals surface area contributed by atoms with Gasteiger partial charge in [0.05, 0.1) is 11.3 Å². The molecule has 0 saturated carbocycles. The van der Waals surface area contributed by atoms with Crippen molar-refractivity contribution in [3.8, 4) is 11.4 Å². The van der Waals surface area contributed by atoms with E-state index in [4.69, 9.17) is 23.1 Å².